The summed E-state index contributed by atoms with van der Waals surface area (Å²) in [6, 6.07) is 5.73. The molecule has 0 aromatic carbocycles. The largest absolute Gasteiger partial charge is 0.465 e. The fraction of sp³-hybridized carbons (Fsp3) is 0.529. The summed E-state index contributed by atoms with van der Waals surface area (Å²) >= 11 is 0. The first kappa shape index (κ1) is 14.3. The lowest BCUT2D eigenvalue weighted by Gasteiger charge is -2.44. The van der Waals surface area contributed by atoms with Crippen LogP contribution in [-0.4, -0.2) is 29.8 Å². The Morgan fingerprint density at radius 2 is 2.19 bits per heavy atom. The highest BCUT2D eigenvalue weighted by molar-refractivity contribution is 5.83. The maximum absolute atomic E-state index is 12.7. The molecule has 0 radical (unpaired) electrons. The standard InChI is InChI=1S/C17H21NO3/c1-2-20-15(19)17(14-7-3-6-11-18-14)10-12-21-16(13-17)8-4-5-9-16/h3-7,11H,2,8-10,12-13H2,1H3. The van der Waals surface area contributed by atoms with Crippen LogP contribution >= 0.6 is 0 Å². The van der Waals surface area contributed by atoms with Gasteiger partial charge < -0.3 is 9.47 Å². The Bertz CT molecular complexity index is 532. The van der Waals surface area contributed by atoms with E-state index >= 15 is 0 Å². The quantitative estimate of drug-likeness (QED) is 0.633. The molecule has 1 aliphatic heterocycles. The van der Waals surface area contributed by atoms with Crippen LogP contribution in [0.1, 0.15) is 38.3 Å². The molecule has 1 saturated heterocycles. The maximum Gasteiger partial charge on any atom is 0.318 e. The van der Waals surface area contributed by atoms with E-state index in [1.54, 1.807) is 6.20 Å². The van der Waals surface area contributed by atoms with E-state index < -0.39 is 5.41 Å². The molecule has 1 aromatic rings. The fourth-order valence-corrected chi connectivity index (χ4v) is 3.49. The van der Waals surface area contributed by atoms with Crippen LogP contribution in [0.4, 0.5) is 0 Å². The van der Waals surface area contributed by atoms with Crippen LogP contribution in [0.3, 0.4) is 0 Å². The zero-order chi connectivity index (χ0) is 14.8. The zero-order valence-electron chi connectivity index (χ0n) is 12.4. The molecule has 0 N–H and O–H groups in total. The number of rotatable bonds is 3. The summed E-state index contributed by atoms with van der Waals surface area (Å²) in [6.07, 6.45) is 9.01. The van der Waals surface area contributed by atoms with Crippen molar-refractivity contribution in [3.05, 3.63) is 42.2 Å². The number of aromatic nitrogens is 1. The van der Waals surface area contributed by atoms with Crippen LogP contribution in [0.25, 0.3) is 0 Å². The maximum atomic E-state index is 12.7. The van der Waals surface area contributed by atoms with E-state index in [2.05, 4.69) is 17.1 Å². The Kier molecular flexibility index (Phi) is 3.81. The first-order chi connectivity index (χ1) is 10.2. The van der Waals surface area contributed by atoms with Gasteiger partial charge in [0.05, 0.1) is 17.9 Å². The predicted molar refractivity (Wildman–Crippen MR) is 78.8 cm³/mol. The van der Waals surface area contributed by atoms with E-state index in [1.165, 1.54) is 0 Å². The van der Waals surface area contributed by atoms with Gasteiger partial charge in [-0.25, -0.2) is 0 Å². The van der Waals surface area contributed by atoms with Crippen molar-refractivity contribution in [2.24, 2.45) is 0 Å². The van der Waals surface area contributed by atoms with Crippen molar-refractivity contribution in [2.75, 3.05) is 13.2 Å². The van der Waals surface area contributed by atoms with Crippen molar-refractivity contribution in [1.29, 1.82) is 0 Å². The van der Waals surface area contributed by atoms with Gasteiger partial charge in [-0.1, -0.05) is 18.2 Å². The molecule has 21 heavy (non-hydrogen) atoms. The van der Waals surface area contributed by atoms with Gasteiger partial charge in [0.1, 0.15) is 5.41 Å². The number of ether oxygens (including phenoxy) is 2. The normalized spacial score (nSPS) is 26.9. The molecule has 1 unspecified atom stereocenters. The summed E-state index contributed by atoms with van der Waals surface area (Å²) in [7, 11) is 0. The Balaban J connectivity index is 1.98. The summed E-state index contributed by atoms with van der Waals surface area (Å²) in [5.41, 5.74) is -0.137. The SMILES string of the molecule is CCOC(=O)C1(c2ccccn2)CCOC2(CC=CC2)C1. The lowest BCUT2D eigenvalue weighted by molar-refractivity contribution is -0.164. The molecule has 1 aromatic heterocycles. The predicted octanol–water partition coefficient (Wildman–Crippen LogP) is 2.78. The molecule has 2 heterocycles. The lowest BCUT2D eigenvalue weighted by Crippen LogP contribution is -2.51. The van der Waals surface area contributed by atoms with Gasteiger partial charge in [0.15, 0.2) is 0 Å². The number of hydrogen-bond donors (Lipinski definition) is 0. The van der Waals surface area contributed by atoms with Crippen molar-refractivity contribution in [3.8, 4) is 0 Å². The fourth-order valence-electron chi connectivity index (χ4n) is 3.49. The molecule has 1 atom stereocenters. The third-order valence-electron chi connectivity index (χ3n) is 4.53. The van der Waals surface area contributed by atoms with Crippen molar-refractivity contribution >= 4 is 5.97 Å². The van der Waals surface area contributed by atoms with Gasteiger partial charge in [-0.3, -0.25) is 9.78 Å². The summed E-state index contributed by atoms with van der Waals surface area (Å²) in [5.74, 6) is -0.168. The number of carbonyl (C=O) groups is 1. The van der Waals surface area contributed by atoms with E-state index in [9.17, 15) is 4.79 Å². The zero-order valence-corrected chi connectivity index (χ0v) is 12.4. The second-order valence-corrected chi connectivity index (χ2v) is 5.86. The Hall–Kier alpha value is -1.68. The number of carbonyl (C=O) groups excluding carboxylic acids is 1. The summed E-state index contributed by atoms with van der Waals surface area (Å²) in [6.45, 7) is 2.80. The highest BCUT2D eigenvalue weighted by atomic mass is 16.5. The lowest BCUT2D eigenvalue weighted by atomic mass is 9.69. The van der Waals surface area contributed by atoms with E-state index in [1.807, 2.05) is 25.1 Å². The van der Waals surface area contributed by atoms with E-state index in [4.69, 9.17) is 9.47 Å². The molecule has 112 valence electrons. The highest BCUT2D eigenvalue weighted by Crippen LogP contribution is 2.46. The third-order valence-corrected chi connectivity index (χ3v) is 4.53. The molecule has 4 heteroatoms. The van der Waals surface area contributed by atoms with Gasteiger partial charge >= 0.3 is 5.97 Å². The topological polar surface area (TPSA) is 48.4 Å². The molecule has 1 spiro atoms. The van der Waals surface area contributed by atoms with Gasteiger partial charge in [-0.05, 0) is 44.7 Å². The minimum Gasteiger partial charge on any atom is -0.465 e. The molecule has 4 nitrogen and oxygen atoms in total. The Morgan fingerprint density at radius 1 is 1.38 bits per heavy atom. The van der Waals surface area contributed by atoms with Crippen LogP contribution in [0.15, 0.2) is 36.5 Å². The van der Waals surface area contributed by atoms with Crippen LogP contribution in [0, 0.1) is 0 Å². The summed E-state index contributed by atoms with van der Waals surface area (Å²) < 4.78 is 11.4. The highest BCUT2D eigenvalue weighted by Gasteiger charge is 2.53. The van der Waals surface area contributed by atoms with Crippen molar-refractivity contribution in [3.63, 3.8) is 0 Å². The van der Waals surface area contributed by atoms with Crippen molar-refractivity contribution in [2.45, 2.75) is 43.6 Å². The molecular weight excluding hydrogens is 266 g/mol. The van der Waals surface area contributed by atoms with Gasteiger partial charge in [-0.15, -0.1) is 0 Å². The number of esters is 1. The van der Waals surface area contributed by atoms with Gasteiger partial charge in [0.25, 0.3) is 0 Å². The molecular formula is C17H21NO3. The average molecular weight is 287 g/mol. The average Bonchev–Trinajstić information content (AvgIpc) is 2.96. The second kappa shape index (κ2) is 5.60. The van der Waals surface area contributed by atoms with Crippen LogP contribution in [0.5, 0.6) is 0 Å². The molecule has 2 aliphatic rings. The van der Waals surface area contributed by atoms with Gasteiger partial charge in [0.2, 0.25) is 0 Å². The summed E-state index contributed by atoms with van der Waals surface area (Å²) in [5, 5.41) is 0. The van der Waals surface area contributed by atoms with E-state index in [0.29, 0.717) is 26.1 Å². The van der Waals surface area contributed by atoms with Crippen LogP contribution in [0.2, 0.25) is 0 Å². The van der Waals surface area contributed by atoms with Crippen LogP contribution < -0.4 is 0 Å². The van der Waals surface area contributed by atoms with E-state index in [-0.39, 0.29) is 11.6 Å². The first-order valence-corrected chi connectivity index (χ1v) is 7.58. The molecule has 1 aliphatic carbocycles. The summed E-state index contributed by atoms with van der Waals surface area (Å²) in [4.78, 5) is 17.2. The van der Waals surface area contributed by atoms with E-state index in [0.717, 1.165) is 18.5 Å². The van der Waals surface area contributed by atoms with Crippen molar-refractivity contribution in [1.82, 2.24) is 4.98 Å². The molecule has 0 bridgehead atoms. The molecule has 3 rings (SSSR count). The number of pyridine rings is 1. The minimum atomic E-state index is -0.679. The molecule has 1 fully saturated rings. The van der Waals surface area contributed by atoms with Crippen molar-refractivity contribution < 1.29 is 14.3 Å². The minimum absolute atomic E-state index is 0.168. The smallest absolute Gasteiger partial charge is 0.318 e. The Morgan fingerprint density at radius 3 is 2.86 bits per heavy atom. The second-order valence-electron chi connectivity index (χ2n) is 5.86. The van der Waals surface area contributed by atoms with Gasteiger partial charge in [-0.2, -0.15) is 0 Å². The first-order valence-electron chi connectivity index (χ1n) is 7.58. The monoisotopic (exact) mass is 287 g/mol. The van der Waals surface area contributed by atoms with Gasteiger partial charge in [0, 0.05) is 12.8 Å². The Labute approximate surface area is 125 Å². The molecule has 0 amide bonds. The third kappa shape index (κ3) is 2.48. The number of hydrogen-bond acceptors (Lipinski definition) is 4. The molecule has 0 saturated carbocycles. The number of nitrogens with zero attached hydrogens (tertiary/aromatic N) is 1. The van der Waals surface area contributed by atoms with Crippen LogP contribution in [-0.2, 0) is 19.7 Å².